The molecule has 97 valence electrons. The van der Waals surface area contributed by atoms with Gasteiger partial charge in [-0.15, -0.1) is 0 Å². The summed E-state index contributed by atoms with van der Waals surface area (Å²) in [6.07, 6.45) is 0. The summed E-state index contributed by atoms with van der Waals surface area (Å²) >= 11 is 0. The molecule has 0 heterocycles. The summed E-state index contributed by atoms with van der Waals surface area (Å²) in [6.45, 7) is 11.7. The molecule has 0 aliphatic rings. The van der Waals surface area contributed by atoms with Crippen molar-refractivity contribution in [2.24, 2.45) is 0 Å². The number of rotatable bonds is 5. The second kappa shape index (κ2) is 10.4. The van der Waals surface area contributed by atoms with Crippen LogP contribution in [-0.4, -0.2) is 40.9 Å². The standard InChI is InChI=1S/C13H22N.BH4.B.H3N/c1-4-14(5-2,6-3)12-13-10-8-7-9-11-13;;;/h7-11H,4-6,12H2,1-3H3;1H4;;1H3/q+1;-1;;. The Labute approximate surface area is 111 Å². The van der Waals surface area contributed by atoms with E-state index >= 15 is 0 Å². The topological polar surface area (TPSA) is 35.0 Å². The van der Waals surface area contributed by atoms with Crippen LogP contribution < -0.4 is 6.15 Å². The van der Waals surface area contributed by atoms with Crippen molar-refractivity contribution >= 4 is 16.8 Å². The molecule has 0 saturated heterocycles. The lowest BCUT2D eigenvalue weighted by Gasteiger charge is -2.35. The Morgan fingerprint density at radius 1 is 0.882 bits per heavy atom. The van der Waals surface area contributed by atoms with E-state index in [0.717, 1.165) is 0 Å². The van der Waals surface area contributed by atoms with Crippen LogP contribution in [0.5, 0.6) is 0 Å². The normalized spacial score (nSPS) is 9.59. The largest absolute Gasteiger partial charge is 0.344 e. The number of hydrogen-bond donors (Lipinski definition) is 1. The van der Waals surface area contributed by atoms with Gasteiger partial charge in [0.05, 0.1) is 19.6 Å². The van der Waals surface area contributed by atoms with Crippen molar-refractivity contribution in [3.8, 4) is 0 Å². The molecule has 0 amide bonds. The predicted molar refractivity (Wildman–Crippen MR) is 84.1 cm³/mol. The van der Waals surface area contributed by atoms with Gasteiger partial charge in [-0.05, 0) is 20.8 Å². The van der Waals surface area contributed by atoms with Gasteiger partial charge in [0.15, 0.2) is 0 Å². The first-order valence-corrected chi connectivity index (χ1v) is 5.65. The summed E-state index contributed by atoms with van der Waals surface area (Å²) in [6, 6.07) is 10.8. The van der Waals surface area contributed by atoms with Crippen LogP contribution in [-0.2, 0) is 6.54 Å². The fraction of sp³-hybridized carbons (Fsp3) is 0.538. The van der Waals surface area contributed by atoms with Crippen molar-refractivity contribution in [2.45, 2.75) is 27.3 Å². The Balaban J connectivity index is -0.000000653. The van der Waals surface area contributed by atoms with Crippen LogP contribution in [0.15, 0.2) is 30.3 Å². The molecule has 1 rings (SSSR count). The van der Waals surface area contributed by atoms with Gasteiger partial charge in [0.1, 0.15) is 6.54 Å². The molecule has 0 bridgehead atoms. The highest BCUT2D eigenvalue weighted by Gasteiger charge is 2.20. The van der Waals surface area contributed by atoms with Gasteiger partial charge >= 0.3 is 0 Å². The summed E-state index contributed by atoms with van der Waals surface area (Å²) in [5, 5.41) is 0. The lowest BCUT2D eigenvalue weighted by atomic mass is 10.2. The molecule has 1 aromatic carbocycles. The van der Waals surface area contributed by atoms with E-state index in [1.165, 1.54) is 36.2 Å². The highest BCUT2D eigenvalue weighted by atomic mass is 15.3. The van der Waals surface area contributed by atoms with E-state index in [-0.39, 0.29) is 23.0 Å². The molecule has 17 heavy (non-hydrogen) atoms. The second-order valence-corrected chi connectivity index (χ2v) is 3.93. The second-order valence-electron chi connectivity index (χ2n) is 3.93. The molecule has 0 unspecified atom stereocenters. The molecule has 4 heteroatoms. The summed E-state index contributed by atoms with van der Waals surface area (Å²) in [5.41, 5.74) is 1.46. The molecule has 0 saturated carbocycles. The first-order chi connectivity index (χ1) is 6.76. The summed E-state index contributed by atoms with van der Waals surface area (Å²) < 4.78 is 1.20. The molecule has 0 spiro atoms. The summed E-state index contributed by atoms with van der Waals surface area (Å²) in [7, 11) is 0. The average molecular weight is 235 g/mol. The van der Waals surface area contributed by atoms with Gasteiger partial charge in [0, 0.05) is 14.0 Å². The third-order valence-electron chi connectivity index (χ3n) is 3.37. The van der Waals surface area contributed by atoms with Crippen molar-refractivity contribution in [3.63, 3.8) is 0 Å². The first-order valence-electron chi connectivity index (χ1n) is 5.65. The lowest BCUT2D eigenvalue weighted by molar-refractivity contribution is -0.936. The minimum atomic E-state index is 0. The van der Waals surface area contributed by atoms with Gasteiger partial charge in [0.25, 0.3) is 0 Å². The van der Waals surface area contributed by atoms with E-state index in [9.17, 15) is 0 Å². The highest BCUT2D eigenvalue weighted by Crippen LogP contribution is 2.13. The van der Waals surface area contributed by atoms with Crippen LogP contribution in [0.1, 0.15) is 26.3 Å². The predicted octanol–water partition coefficient (Wildman–Crippen LogP) is 1.39. The van der Waals surface area contributed by atoms with Crippen molar-refractivity contribution in [1.82, 2.24) is 6.15 Å². The number of quaternary nitrogens is 1. The van der Waals surface area contributed by atoms with Crippen molar-refractivity contribution < 1.29 is 4.48 Å². The zero-order valence-electron chi connectivity index (χ0n) is 10.9. The monoisotopic (exact) mass is 235 g/mol. The van der Waals surface area contributed by atoms with Gasteiger partial charge in [-0.25, -0.2) is 0 Å². The smallest absolute Gasteiger partial charge is 0.104 e. The van der Waals surface area contributed by atoms with E-state index in [1.54, 1.807) is 0 Å². The van der Waals surface area contributed by atoms with E-state index < -0.39 is 0 Å². The SMILES string of the molecule is CC[N+](CC)(CC)Cc1ccccc1.N.[BH4-].[B]. The van der Waals surface area contributed by atoms with Gasteiger partial charge in [-0.3, -0.25) is 0 Å². The van der Waals surface area contributed by atoms with Crippen LogP contribution in [0.3, 0.4) is 0 Å². The summed E-state index contributed by atoms with van der Waals surface area (Å²) in [5.74, 6) is 0. The van der Waals surface area contributed by atoms with E-state index in [2.05, 4.69) is 51.1 Å². The molecular weight excluding hydrogens is 206 g/mol. The Morgan fingerprint density at radius 2 is 1.29 bits per heavy atom. The maximum Gasteiger partial charge on any atom is 0.104 e. The lowest BCUT2D eigenvalue weighted by Crippen LogP contribution is -2.46. The van der Waals surface area contributed by atoms with E-state index in [0.29, 0.717) is 0 Å². The fourth-order valence-electron chi connectivity index (χ4n) is 1.98. The molecular formula is C13H29B2N2. The zero-order valence-corrected chi connectivity index (χ0v) is 10.9. The van der Waals surface area contributed by atoms with Crippen LogP contribution in [0.25, 0.3) is 0 Å². The molecule has 1 aromatic rings. The molecule has 0 aliphatic heterocycles. The number of nitrogens with zero attached hydrogens (tertiary/aromatic N) is 1. The molecule has 0 aromatic heterocycles. The minimum Gasteiger partial charge on any atom is -0.344 e. The summed E-state index contributed by atoms with van der Waals surface area (Å²) in [4.78, 5) is 0. The fourth-order valence-corrected chi connectivity index (χ4v) is 1.98. The van der Waals surface area contributed by atoms with Crippen molar-refractivity contribution in [2.75, 3.05) is 19.6 Å². The van der Waals surface area contributed by atoms with E-state index in [1.807, 2.05) is 0 Å². The van der Waals surface area contributed by atoms with Crippen molar-refractivity contribution in [3.05, 3.63) is 35.9 Å². The third kappa shape index (κ3) is 5.94. The van der Waals surface area contributed by atoms with Crippen LogP contribution in [0.4, 0.5) is 0 Å². The first kappa shape index (κ1) is 21.5. The van der Waals surface area contributed by atoms with Crippen LogP contribution in [0.2, 0.25) is 0 Å². The maximum absolute atomic E-state index is 2.29. The Morgan fingerprint density at radius 3 is 1.65 bits per heavy atom. The Kier molecular flexibility index (Phi) is 13.2. The van der Waals surface area contributed by atoms with Crippen LogP contribution in [0, 0.1) is 0 Å². The van der Waals surface area contributed by atoms with Gasteiger partial charge in [-0.1, -0.05) is 38.7 Å². The van der Waals surface area contributed by atoms with E-state index in [4.69, 9.17) is 0 Å². The molecule has 3 N–H and O–H groups in total. The quantitative estimate of drug-likeness (QED) is 0.607. The molecule has 0 atom stereocenters. The van der Waals surface area contributed by atoms with Gasteiger partial charge in [0.2, 0.25) is 0 Å². The zero-order chi connectivity index (χ0) is 10.4. The maximum atomic E-state index is 2.29. The minimum absolute atomic E-state index is 0. The molecule has 3 radical (unpaired) electrons. The van der Waals surface area contributed by atoms with Gasteiger partial charge < -0.3 is 10.6 Å². The highest BCUT2D eigenvalue weighted by molar-refractivity contribution is 5.76. The van der Waals surface area contributed by atoms with Crippen LogP contribution >= 0.6 is 0 Å². The average Bonchev–Trinajstić information content (AvgIpc) is 2.28. The third-order valence-corrected chi connectivity index (χ3v) is 3.37. The number of hydrogen-bond acceptors (Lipinski definition) is 1. The molecule has 0 fully saturated rings. The molecule has 2 nitrogen and oxygen atoms in total. The number of benzene rings is 1. The Hall–Kier alpha value is -0.730. The molecule has 0 aliphatic carbocycles. The van der Waals surface area contributed by atoms with Crippen molar-refractivity contribution in [1.29, 1.82) is 0 Å². The van der Waals surface area contributed by atoms with Gasteiger partial charge in [-0.2, -0.15) is 0 Å². The Bertz CT molecular complexity index is 253.